The molecule has 0 aliphatic heterocycles. The number of rotatable bonds is 3. The normalized spacial score (nSPS) is 12.4. The summed E-state index contributed by atoms with van der Waals surface area (Å²) in [4.78, 5) is 11.1. The number of benzene rings is 1. The molecule has 0 saturated carbocycles. The highest BCUT2D eigenvalue weighted by atomic mass is 32.2. The van der Waals surface area contributed by atoms with Gasteiger partial charge < -0.3 is 5.11 Å². The second-order valence-corrected chi connectivity index (χ2v) is 4.14. The Balaban J connectivity index is 3.19. The van der Waals surface area contributed by atoms with E-state index in [1.54, 1.807) is 25.1 Å². The molecule has 0 unspecified atom stereocenters. The minimum atomic E-state index is -1.20. The molecule has 3 nitrogen and oxygen atoms in total. The Hall–Kier alpha value is -1.16. The number of carboxylic acids is 1. The fraction of sp³-hybridized carbons (Fsp3) is 0.222. The molecule has 0 radical (unpaired) electrons. The summed E-state index contributed by atoms with van der Waals surface area (Å²) in [5.41, 5.74) is 0.127. The Labute approximate surface area is 78.9 Å². The van der Waals surface area contributed by atoms with Crippen LogP contribution >= 0.6 is 0 Å². The molecule has 1 rings (SSSR count). The van der Waals surface area contributed by atoms with E-state index in [1.807, 2.05) is 0 Å². The van der Waals surface area contributed by atoms with Gasteiger partial charge in [-0.15, -0.1) is 0 Å². The van der Waals surface area contributed by atoms with E-state index in [1.165, 1.54) is 6.07 Å². The summed E-state index contributed by atoms with van der Waals surface area (Å²) >= 11 is 0. The molecule has 1 aromatic carbocycles. The molecule has 0 saturated heterocycles. The van der Waals surface area contributed by atoms with Crippen molar-refractivity contribution in [3.63, 3.8) is 0 Å². The molecular formula is C9H10O3S. The number of aromatic carboxylic acids is 1. The van der Waals surface area contributed by atoms with Crippen molar-refractivity contribution in [1.29, 1.82) is 0 Å². The van der Waals surface area contributed by atoms with Crippen molar-refractivity contribution >= 4 is 16.8 Å². The average Bonchev–Trinajstić information content (AvgIpc) is 2.16. The van der Waals surface area contributed by atoms with E-state index < -0.39 is 16.8 Å². The van der Waals surface area contributed by atoms with Crippen molar-refractivity contribution in [3.8, 4) is 0 Å². The van der Waals surface area contributed by atoms with Gasteiger partial charge >= 0.3 is 5.97 Å². The molecule has 0 heterocycles. The van der Waals surface area contributed by atoms with Gasteiger partial charge in [-0.05, 0) is 12.1 Å². The van der Waals surface area contributed by atoms with Gasteiger partial charge in [0.2, 0.25) is 0 Å². The second kappa shape index (κ2) is 4.18. The first-order valence-electron chi connectivity index (χ1n) is 3.87. The number of carboxylic acid groups (broad SMARTS) is 1. The monoisotopic (exact) mass is 198 g/mol. The van der Waals surface area contributed by atoms with E-state index in [0.717, 1.165) is 0 Å². The average molecular weight is 198 g/mol. The Morgan fingerprint density at radius 3 is 2.62 bits per heavy atom. The molecule has 0 spiro atoms. The second-order valence-electron chi connectivity index (χ2n) is 2.44. The maximum absolute atomic E-state index is 11.4. The Bertz CT molecular complexity index is 346. The van der Waals surface area contributed by atoms with Crippen molar-refractivity contribution in [1.82, 2.24) is 0 Å². The van der Waals surface area contributed by atoms with Crippen LogP contribution in [0, 0.1) is 0 Å². The van der Waals surface area contributed by atoms with Gasteiger partial charge in [-0.25, -0.2) is 4.79 Å². The molecule has 0 aliphatic carbocycles. The minimum Gasteiger partial charge on any atom is -0.478 e. The largest absolute Gasteiger partial charge is 0.478 e. The third-order valence-electron chi connectivity index (χ3n) is 1.62. The van der Waals surface area contributed by atoms with E-state index in [4.69, 9.17) is 5.11 Å². The predicted octanol–water partition coefficient (Wildman–Crippen LogP) is 1.51. The lowest BCUT2D eigenvalue weighted by atomic mass is 10.2. The van der Waals surface area contributed by atoms with E-state index in [9.17, 15) is 9.00 Å². The molecule has 0 aliphatic rings. The van der Waals surface area contributed by atoms with Gasteiger partial charge in [-0.3, -0.25) is 4.21 Å². The standard InChI is InChI=1S/C9H10O3S/c1-2-13(12)8-6-4-3-5-7(8)9(10)11/h3-6H,2H2,1H3,(H,10,11)/t13-/m1/s1. The summed E-state index contributed by atoms with van der Waals surface area (Å²) in [6.45, 7) is 1.76. The lowest BCUT2D eigenvalue weighted by molar-refractivity contribution is 0.0693. The third kappa shape index (κ3) is 2.15. The number of carbonyl (C=O) groups is 1. The fourth-order valence-electron chi connectivity index (χ4n) is 0.997. The molecule has 4 heteroatoms. The van der Waals surface area contributed by atoms with Crippen molar-refractivity contribution < 1.29 is 14.1 Å². The molecule has 1 N–H and O–H groups in total. The van der Waals surface area contributed by atoms with Gasteiger partial charge in [0.15, 0.2) is 0 Å². The summed E-state index contributed by atoms with van der Waals surface area (Å²) < 4.78 is 11.4. The maximum Gasteiger partial charge on any atom is 0.336 e. The van der Waals surface area contributed by atoms with Gasteiger partial charge in [0.25, 0.3) is 0 Å². The highest BCUT2D eigenvalue weighted by Gasteiger charge is 2.12. The van der Waals surface area contributed by atoms with E-state index in [2.05, 4.69) is 0 Å². The molecular weight excluding hydrogens is 188 g/mol. The van der Waals surface area contributed by atoms with Gasteiger partial charge in [-0.1, -0.05) is 19.1 Å². The molecule has 0 aromatic heterocycles. The zero-order valence-corrected chi connectivity index (χ0v) is 8.00. The van der Waals surface area contributed by atoms with E-state index in [0.29, 0.717) is 10.6 Å². The van der Waals surface area contributed by atoms with Gasteiger partial charge in [-0.2, -0.15) is 0 Å². The Morgan fingerprint density at radius 1 is 1.46 bits per heavy atom. The molecule has 0 amide bonds. The Kier molecular flexibility index (Phi) is 3.19. The number of hydrogen-bond donors (Lipinski definition) is 1. The van der Waals surface area contributed by atoms with Crippen LogP contribution in [0.15, 0.2) is 29.2 Å². The van der Waals surface area contributed by atoms with Crippen LogP contribution in [-0.2, 0) is 10.8 Å². The first kappa shape index (κ1) is 9.92. The molecule has 1 atom stereocenters. The van der Waals surface area contributed by atoms with Gasteiger partial charge in [0.1, 0.15) is 0 Å². The summed E-state index contributed by atoms with van der Waals surface area (Å²) in [5, 5.41) is 8.78. The topological polar surface area (TPSA) is 54.4 Å². The van der Waals surface area contributed by atoms with E-state index >= 15 is 0 Å². The first-order chi connectivity index (χ1) is 6.16. The van der Waals surface area contributed by atoms with Crippen LogP contribution in [-0.4, -0.2) is 21.0 Å². The Morgan fingerprint density at radius 2 is 2.08 bits per heavy atom. The van der Waals surface area contributed by atoms with Crippen molar-refractivity contribution in [3.05, 3.63) is 29.8 Å². The van der Waals surface area contributed by atoms with Crippen LogP contribution in [0.3, 0.4) is 0 Å². The number of hydrogen-bond acceptors (Lipinski definition) is 2. The molecule has 1 aromatic rings. The molecule has 0 bridgehead atoms. The summed E-state index contributed by atoms with van der Waals surface area (Å²) in [6.07, 6.45) is 0. The molecule has 13 heavy (non-hydrogen) atoms. The van der Waals surface area contributed by atoms with Crippen molar-refractivity contribution in [2.24, 2.45) is 0 Å². The summed E-state index contributed by atoms with van der Waals surface area (Å²) in [6, 6.07) is 6.36. The summed E-state index contributed by atoms with van der Waals surface area (Å²) in [7, 11) is -1.20. The maximum atomic E-state index is 11.4. The fourth-order valence-corrected chi connectivity index (χ4v) is 1.94. The van der Waals surface area contributed by atoms with Crippen LogP contribution in [0.1, 0.15) is 17.3 Å². The van der Waals surface area contributed by atoms with Crippen LogP contribution in [0.25, 0.3) is 0 Å². The van der Waals surface area contributed by atoms with Crippen LogP contribution in [0.5, 0.6) is 0 Å². The van der Waals surface area contributed by atoms with E-state index in [-0.39, 0.29) is 5.56 Å². The molecule has 0 fully saturated rings. The van der Waals surface area contributed by atoms with Gasteiger partial charge in [0, 0.05) is 5.75 Å². The van der Waals surface area contributed by atoms with Crippen LogP contribution in [0.2, 0.25) is 0 Å². The zero-order chi connectivity index (χ0) is 9.84. The zero-order valence-electron chi connectivity index (χ0n) is 7.19. The van der Waals surface area contributed by atoms with Crippen LogP contribution < -0.4 is 0 Å². The lowest BCUT2D eigenvalue weighted by Gasteiger charge is -2.02. The highest BCUT2D eigenvalue weighted by Crippen LogP contribution is 2.13. The first-order valence-corrected chi connectivity index (χ1v) is 5.19. The van der Waals surface area contributed by atoms with Gasteiger partial charge in [0.05, 0.1) is 21.3 Å². The highest BCUT2D eigenvalue weighted by molar-refractivity contribution is 7.85. The van der Waals surface area contributed by atoms with Crippen molar-refractivity contribution in [2.75, 3.05) is 5.75 Å². The molecule has 70 valence electrons. The lowest BCUT2D eigenvalue weighted by Crippen LogP contribution is -2.04. The summed E-state index contributed by atoms with van der Waals surface area (Å²) in [5.74, 6) is -0.595. The third-order valence-corrected chi connectivity index (χ3v) is 3.00. The minimum absolute atomic E-state index is 0.127. The van der Waals surface area contributed by atoms with Crippen LogP contribution in [0.4, 0.5) is 0 Å². The smallest absolute Gasteiger partial charge is 0.336 e. The SMILES string of the molecule is CC[S@@](=O)c1ccccc1C(=O)O. The van der Waals surface area contributed by atoms with Crippen molar-refractivity contribution in [2.45, 2.75) is 11.8 Å². The predicted molar refractivity (Wildman–Crippen MR) is 50.4 cm³/mol. The quantitative estimate of drug-likeness (QED) is 0.801.